The molecular weight excluding hydrogens is 288 g/mol. The van der Waals surface area contributed by atoms with Crippen LogP contribution < -0.4 is 9.47 Å². The van der Waals surface area contributed by atoms with Crippen LogP contribution in [-0.4, -0.2) is 13.1 Å². The average Bonchev–Trinajstić information content (AvgIpc) is 2.63. The second-order valence-corrected chi connectivity index (χ2v) is 4.98. The van der Waals surface area contributed by atoms with E-state index in [0.717, 1.165) is 11.1 Å². The molecule has 0 aliphatic heterocycles. The summed E-state index contributed by atoms with van der Waals surface area (Å²) in [5.41, 5.74) is 2.60. The second kappa shape index (κ2) is 6.79. The molecule has 3 rings (SSSR count). The first-order chi connectivity index (χ1) is 11.3. The van der Waals surface area contributed by atoms with Gasteiger partial charge in [-0.05, 0) is 35.4 Å². The van der Waals surface area contributed by atoms with Crippen molar-refractivity contribution in [3.63, 3.8) is 0 Å². The molecule has 0 aliphatic carbocycles. The normalized spacial score (nSPS) is 10.1. The standard InChI is InChI=1S/C20H16O3/c1-22-19-10-6-5-9-18(19)20(21)23-17-13-11-16(12-14-17)15-7-3-2-4-8-15/h2-14H,1H3. The van der Waals surface area contributed by atoms with Gasteiger partial charge >= 0.3 is 5.97 Å². The zero-order chi connectivity index (χ0) is 16.1. The second-order valence-electron chi connectivity index (χ2n) is 4.98. The van der Waals surface area contributed by atoms with E-state index in [1.165, 1.54) is 7.11 Å². The van der Waals surface area contributed by atoms with Crippen molar-refractivity contribution in [2.75, 3.05) is 7.11 Å². The van der Waals surface area contributed by atoms with Crippen LogP contribution in [0.2, 0.25) is 0 Å². The molecular formula is C20H16O3. The Balaban J connectivity index is 1.77. The van der Waals surface area contributed by atoms with E-state index in [1.807, 2.05) is 48.5 Å². The van der Waals surface area contributed by atoms with E-state index in [4.69, 9.17) is 9.47 Å². The molecule has 0 saturated carbocycles. The zero-order valence-corrected chi connectivity index (χ0v) is 12.7. The summed E-state index contributed by atoms with van der Waals surface area (Å²) in [6.07, 6.45) is 0. The maximum Gasteiger partial charge on any atom is 0.347 e. The lowest BCUT2D eigenvalue weighted by atomic mass is 10.1. The molecule has 0 atom stereocenters. The van der Waals surface area contributed by atoms with Gasteiger partial charge in [0.15, 0.2) is 0 Å². The molecule has 0 unspecified atom stereocenters. The monoisotopic (exact) mass is 304 g/mol. The summed E-state index contributed by atoms with van der Waals surface area (Å²) >= 11 is 0. The Morgan fingerprint density at radius 3 is 2.04 bits per heavy atom. The molecule has 23 heavy (non-hydrogen) atoms. The van der Waals surface area contributed by atoms with Gasteiger partial charge in [-0.25, -0.2) is 4.79 Å². The number of hydrogen-bond donors (Lipinski definition) is 0. The van der Waals surface area contributed by atoms with Crippen LogP contribution >= 0.6 is 0 Å². The number of esters is 1. The minimum absolute atomic E-state index is 0.405. The predicted molar refractivity (Wildman–Crippen MR) is 89.8 cm³/mol. The van der Waals surface area contributed by atoms with Crippen molar-refractivity contribution in [1.82, 2.24) is 0 Å². The van der Waals surface area contributed by atoms with Crippen molar-refractivity contribution in [1.29, 1.82) is 0 Å². The molecule has 0 radical (unpaired) electrons. The van der Waals surface area contributed by atoms with E-state index in [2.05, 4.69) is 0 Å². The summed E-state index contributed by atoms with van der Waals surface area (Å²) < 4.78 is 10.6. The number of ether oxygens (including phenoxy) is 2. The van der Waals surface area contributed by atoms with Crippen LogP contribution in [0.15, 0.2) is 78.9 Å². The van der Waals surface area contributed by atoms with Crippen LogP contribution in [0.3, 0.4) is 0 Å². The number of rotatable bonds is 4. The van der Waals surface area contributed by atoms with E-state index in [-0.39, 0.29) is 0 Å². The van der Waals surface area contributed by atoms with Crippen molar-refractivity contribution in [3.8, 4) is 22.6 Å². The van der Waals surface area contributed by atoms with Gasteiger partial charge in [0, 0.05) is 0 Å². The molecule has 0 amide bonds. The van der Waals surface area contributed by atoms with Gasteiger partial charge < -0.3 is 9.47 Å². The summed E-state index contributed by atoms with van der Waals surface area (Å²) in [5.74, 6) is 0.564. The number of para-hydroxylation sites is 1. The molecule has 3 heteroatoms. The molecule has 0 aliphatic rings. The fourth-order valence-corrected chi connectivity index (χ4v) is 2.32. The highest BCUT2D eigenvalue weighted by atomic mass is 16.5. The fraction of sp³-hybridized carbons (Fsp3) is 0.0500. The quantitative estimate of drug-likeness (QED) is 0.523. The molecule has 0 saturated heterocycles. The predicted octanol–water partition coefficient (Wildman–Crippen LogP) is 4.58. The first-order valence-electron chi connectivity index (χ1n) is 7.28. The largest absolute Gasteiger partial charge is 0.496 e. The SMILES string of the molecule is COc1ccccc1C(=O)Oc1ccc(-c2ccccc2)cc1. The van der Waals surface area contributed by atoms with E-state index >= 15 is 0 Å². The molecule has 3 aromatic rings. The fourth-order valence-electron chi connectivity index (χ4n) is 2.32. The zero-order valence-electron chi connectivity index (χ0n) is 12.7. The lowest BCUT2D eigenvalue weighted by Crippen LogP contribution is -2.09. The Morgan fingerprint density at radius 2 is 1.35 bits per heavy atom. The smallest absolute Gasteiger partial charge is 0.347 e. The highest BCUT2D eigenvalue weighted by molar-refractivity contribution is 5.94. The maximum atomic E-state index is 12.2. The van der Waals surface area contributed by atoms with Gasteiger partial charge in [0.2, 0.25) is 0 Å². The minimum Gasteiger partial charge on any atom is -0.496 e. The first kappa shape index (κ1) is 14.9. The Bertz CT molecular complexity index is 793. The lowest BCUT2D eigenvalue weighted by Gasteiger charge is -2.09. The topological polar surface area (TPSA) is 35.5 Å². The Morgan fingerprint density at radius 1 is 0.739 bits per heavy atom. The van der Waals surface area contributed by atoms with E-state index in [0.29, 0.717) is 17.1 Å². The molecule has 0 heterocycles. The number of methoxy groups -OCH3 is 1. The Labute approximate surface area is 135 Å². The van der Waals surface area contributed by atoms with Gasteiger partial charge in [0.25, 0.3) is 0 Å². The third kappa shape index (κ3) is 3.40. The highest BCUT2D eigenvalue weighted by Gasteiger charge is 2.13. The minimum atomic E-state index is -0.435. The molecule has 114 valence electrons. The number of carbonyl (C=O) groups is 1. The van der Waals surface area contributed by atoms with Crippen molar-refractivity contribution in [2.45, 2.75) is 0 Å². The Hall–Kier alpha value is -3.07. The van der Waals surface area contributed by atoms with Gasteiger partial charge in [0.05, 0.1) is 7.11 Å². The maximum absolute atomic E-state index is 12.2. The molecule has 0 fully saturated rings. The summed E-state index contributed by atoms with van der Waals surface area (Å²) in [4.78, 5) is 12.2. The van der Waals surface area contributed by atoms with E-state index in [1.54, 1.807) is 30.3 Å². The average molecular weight is 304 g/mol. The molecule has 0 spiro atoms. The van der Waals surface area contributed by atoms with Crippen molar-refractivity contribution in [2.24, 2.45) is 0 Å². The summed E-state index contributed by atoms with van der Waals surface area (Å²) in [6, 6.07) is 24.5. The van der Waals surface area contributed by atoms with Crippen molar-refractivity contribution in [3.05, 3.63) is 84.4 Å². The van der Waals surface area contributed by atoms with Crippen LogP contribution in [0.4, 0.5) is 0 Å². The Kier molecular flexibility index (Phi) is 4.39. The summed E-state index contributed by atoms with van der Waals surface area (Å²) in [5, 5.41) is 0. The molecule has 0 N–H and O–H groups in total. The van der Waals surface area contributed by atoms with Crippen LogP contribution in [-0.2, 0) is 0 Å². The van der Waals surface area contributed by atoms with Crippen LogP contribution in [0, 0.1) is 0 Å². The van der Waals surface area contributed by atoms with Gasteiger partial charge in [-0.3, -0.25) is 0 Å². The molecule has 0 aromatic heterocycles. The number of hydrogen-bond acceptors (Lipinski definition) is 3. The lowest BCUT2D eigenvalue weighted by molar-refractivity contribution is 0.0731. The van der Waals surface area contributed by atoms with Gasteiger partial charge in [0.1, 0.15) is 17.1 Å². The van der Waals surface area contributed by atoms with Gasteiger partial charge in [-0.1, -0.05) is 54.6 Å². The first-order valence-corrected chi connectivity index (χ1v) is 7.28. The molecule has 3 aromatic carbocycles. The third-order valence-corrected chi connectivity index (χ3v) is 3.50. The number of carbonyl (C=O) groups excluding carboxylic acids is 1. The highest BCUT2D eigenvalue weighted by Crippen LogP contribution is 2.24. The van der Waals surface area contributed by atoms with E-state index < -0.39 is 5.97 Å². The van der Waals surface area contributed by atoms with Crippen molar-refractivity contribution < 1.29 is 14.3 Å². The van der Waals surface area contributed by atoms with Crippen LogP contribution in [0.1, 0.15) is 10.4 Å². The van der Waals surface area contributed by atoms with Crippen LogP contribution in [0.25, 0.3) is 11.1 Å². The van der Waals surface area contributed by atoms with Gasteiger partial charge in [-0.15, -0.1) is 0 Å². The molecule has 0 bridgehead atoms. The molecule has 3 nitrogen and oxygen atoms in total. The summed E-state index contributed by atoms with van der Waals surface area (Å²) in [6.45, 7) is 0. The van der Waals surface area contributed by atoms with E-state index in [9.17, 15) is 4.79 Å². The number of benzene rings is 3. The van der Waals surface area contributed by atoms with Crippen molar-refractivity contribution >= 4 is 5.97 Å². The van der Waals surface area contributed by atoms with Crippen LogP contribution in [0.5, 0.6) is 11.5 Å². The van der Waals surface area contributed by atoms with Gasteiger partial charge in [-0.2, -0.15) is 0 Å². The summed E-state index contributed by atoms with van der Waals surface area (Å²) in [7, 11) is 1.53. The third-order valence-electron chi connectivity index (χ3n) is 3.50.